The number of benzene rings is 2. The Morgan fingerprint density at radius 1 is 1.00 bits per heavy atom. The van der Waals surface area contributed by atoms with E-state index >= 15 is 0 Å². The molecular weight excluding hydrogens is 258 g/mol. The minimum Gasteiger partial charge on any atom is -0.388 e. The number of aryl methyl sites for hydroxylation is 1. The van der Waals surface area contributed by atoms with Crippen molar-refractivity contribution in [1.29, 1.82) is 0 Å². The van der Waals surface area contributed by atoms with Gasteiger partial charge in [0.1, 0.15) is 0 Å². The van der Waals surface area contributed by atoms with Crippen LogP contribution >= 0.6 is 0 Å². The van der Waals surface area contributed by atoms with Crippen molar-refractivity contribution in [1.82, 2.24) is 0 Å². The van der Waals surface area contributed by atoms with Gasteiger partial charge in [-0.1, -0.05) is 36.4 Å². The second-order valence-electron chi connectivity index (χ2n) is 5.36. The second kappa shape index (κ2) is 5.33. The van der Waals surface area contributed by atoms with Gasteiger partial charge < -0.3 is 5.11 Å². The fourth-order valence-electron chi connectivity index (χ4n) is 3.00. The smallest absolute Gasteiger partial charge is 0.164 e. The monoisotopic (exact) mass is 274 g/mol. The van der Waals surface area contributed by atoms with E-state index in [-0.39, 0.29) is 11.5 Å². The summed E-state index contributed by atoms with van der Waals surface area (Å²) < 4.78 is 27.0. The van der Waals surface area contributed by atoms with Gasteiger partial charge in [-0.25, -0.2) is 8.78 Å². The maximum atomic E-state index is 13.8. The maximum Gasteiger partial charge on any atom is 0.164 e. The minimum atomic E-state index is -0.959. The molecule has 0 spiro atoms. The molecule has 0 fully saturated rings. The van der Waals surface area contributed by atoms with Gasteiger partial charge in [-0.2, -0.15) is 0 Å². The molecule has 0 bridgehead atoms. The van der Waals surface area contributed by atoms with Crippen LogP contribution < -0.4 is 0 Å². The predicted molar refractivity (Wildman–Crippen MR) is 73.3 cm³/mol. The van der Waals surface area contributed by atoms with Crippen LogP contribution in [0.15, 0.2) is 42.5 Å². The fourth-order valence-corrected chi connectivity index (χ4v) is 3.00. The van der Waals surface area contributed by atoms with Crippen molar-refractivity contribution in [3.05, 3.63) is 70.8 Å². The Morgan fingerprint density at radius 2 is 1.75 bits per heavy atom. The van der Waals surface area contributed by atoms with Gasteiger partial charge in [0.15, 0.2) is 11.6 Å². The van der Waals surface area contributed by atoms with Crippen molar-refractivity contribution in [2.45, 2.75) is 25.4 Å². The molecule has 2 unspecified atom stereocenters. The maximum absolute atomic E-state index is 13.8. The summed E-state index contributed by atoms with van der Waals surface area (Å²) in [5.74, 6) is -1.90. The molecule has 2 aromatic carbocycles. The topological polar surface area (TPSA) is 20.2 Å². The molecule has 2 atom stereocenters. The molecular formula is C17H16F2O. The van der Waals surface area contributed by atoms with E-state index in [1.807, 2.05) is 18.2 Å². The molecule has 20 heavy (non-hydrogen) atoms. The molecule has 0 radical (unpaired) electrons. The second-order valence-corrected chi connectivity index (χ2v) is 5.36. The predicted octanol–water partition coefficient (Wildman–Crippen LogP) is 3.80. The number of hydrogen-bond donors (Lipinski definition) is 1. The zero-order chi connectivity index (χ0) is 14.1. The summed E-state index contributed by atoms with van der Waals surface area (Å²) in [4.78, 5) is 0. The lowest BCUT2D eigenvalue weighted by Crippen LogP contribution is -2.22. The van der Waals surface area contributed by atoms with Crippen LogP contribution in [0.5, 0.6) is 0 Å². The van der Waals surface area contributed by atoms with Crippen LogP contribution in [0.25, 0.3) is 0 Å². The molecule has 104 valence electrons. The molecule has 0 heterocycles. The lowest BCUT2D eigenvalue weighted by Gasteiger charge is -2.29. The number of fused-ring (bicyclic) bond motifs is 1. The molecule has 1 nitrogen and oxygen atoms in total. The number of rotatable bonds is 2. The zero-order valence-electron chi connectivity index (χ0n) is 11.0. The van der Waals surface area contributed by atoms with Crippen molar-refractivity contribution < 1.29 is 13.9 Å². The number of aliphatic hydroxyl groups is 1. The Kier molecular flexibility index (Phi) is 3.53. The van der Waals surface area contributed by atoms with Crippen LogP contribution in [0, 0.1) is 17.6 Å². The van der Waals surface area contributed by atoms with Gasteiger partial charge in [-0.15, -0.1) is 0 Å². The summed E-state index contributed by atoms with van der Waals surface area (Å²) in [6.45, 7) is 0. The first-order valence-electron chi connectivity index (χ1n) is 6.85. The normalized spacial score (nSPS) is 19.4. The van der Waals surface area contributed by atoms with Crippen molar-refractivity contribution in [2.75, 3.05) is 0 Å². The summed E-state index contributed by atoms with van der Waals surface area (Å²) in [5.41, 5.74) is 2.55. The first-order valence-corrected chi connectivity index (χ1v) is 6.85. The number of halogens is 2. The first kappa shape index (κ1) is 13.3. The highest BCUT2D eigenvalue weighted by atomic mass is 19.2. The van der Waals surface area contributed by atoms with Crippen molar-refractivity contribution >= 4 is 0 Å². The van der Waals surface area contributed by atoms with Gasteiger partial charge in [0.05, 0.1) is 6.10 Å². The molecule has 1 aliphatic carbocycles. The van der Waals surface area contributed by atoms with Gasteiger partial charge >= 0.3 is 0 Å². The van der Waals surface area contributed by atoms with E-state index in [1.54, 1.807) is 0 Å². The van der Waals surface area contributed by atoms with Gasteiger partial charge in [0, 0.05) is 5.56 Å². The summed E-state index contributed by atoms with van der Waals surface area (Å²) >= 11 is 0. The summed E-state index contributed by atoms with van der Waals surface area (Å²) in [6.07, 6.45) is 1.40. The van der Waals surface area contributed by atoms with Gasteiger partial charge in [0.2, 0.25) is 0 Å². The van der Waals surface area contributed by atoms with Crippen LogP contribution in [0.3, 0.4) is 0 Å². The Hall–Kier alpha value is -1.74. The standard InChI is InChI=1S/C17H16F2O/c18-15-7-3-6-14(16(15)19)17(20)13-9-8-11-4-1-2-5-12(11)10-13/h1-7,13,17,20H,8-10H2. The summed E-state index contributed by atoms with van der Waals surface area (Å²) in [5, 5.41) is 10.4. The fraction of sp³-hybridized carbons (Fsp3) is 0.294. The molecule has 0 saturated heterocycles. The van der Waals surface area contributed by atoms with Crippen LogP contribution in [-0.2, 0) is 12.8 Å². The molecule has 3 rings (SSSR count). The molecule has 0 saturated carbocycles. The third-order valence-electron chi connectivity index (χ3n) is 4.13. The van der Waals surface area contributed by atoms with Gasteiger partial charge in [-0.05, 0) is 42.4 Å². The highest BCUT2D eigenvalue weighted by Crippen LogP contribution is 2.35. The minimum absolute atomic E-state index is 0.0642. The molecule has 1 aliphatic rings. The third kappa shape index (κ3) is 2.34. The number of aliphatic hydroxyl groups excluding tert-OH is 1. The highest BCUT2D eigenvalue weighted by Gasteiger charge is 2.28. The van der Waals surface area contributed by atoms with Gasteiger partial charge in [0.25, 0.3) is 0 Å². The summed E-state index contributed by atoms with van der Waals surface area (Å²) in [7, 11) is 0. The molecule has 0 aliphatic heterocycles. The molecule has 3 heteroatoms. The van der Waals surface area contributed by atoms with E-state index in [0.29, 0.717) is 6.42 Å². The number of hydrogen-bond acceptors (Lipinski definition) is 1. The van der Waals surface area contributed by atoms with E-state index in [0.717, 1.165) is 18.9 Å². The molecule has 1 N–H and O–H groups in total. The average Bonchev–Trinajstić information content (AvgIpc) is 2.49. The Bertz CT molecular complexity index is 624. The Balaban J connectivity index is 1.86. The van der Waals surface area contributed by atoms with Crippen molar-refractivity contribution in [2.24, 2.45) is 5.92 Å². The van der Waals surface area contributed by atoms with E-state index < -0.39 is 17.7 Å². The van der Waals surface area contributed by atoms with Crippen LogP contribution in [0.4, 0.5) is 8.78 Å². The third-order valence-corrected chi connectivity index (χ3v) is 4.13. The SMILES string of the molecule is OC(c1cccc(F)c1F)C1CCc2ccccc2C1. The Morgan fingerprint density at radius 3 is 2.55 bits per heavy atom. The van der Waals surface area contributed by atoms with E-state index in [2.05, 4.69) is 6.07 Å². The van der Waals surface area contributed by atoms with Crippen molar-refractivity contribution in [3.63, 3.8) is 0 Å². The quantitative estimate of drug-likeness (QED) is 0.883. The lowest BCUT2D eigenvalue weighted by atomic mass is 9.79. The van der Waals surface area contributed by atoms with E-state index in [9.17, 15) is 13.9 Å². The largest absolute Gasteiger partial charge is 0.388 e. The Labute approximate surface area is 116 Å². The molecule has 2 aromatic rings. The lowest BCUT2D eigenvalue weighted by molar-refractivity contribution is 0.0952. The first-order chi connectivity index (χ1) is 9.66. The molecule has 0 aromatic heterocycles. The summed E-state index contributed by atoms with van der Waals surface area (Å²) in [6, 6.07) is 12.1. The van der Waals surface area contributed by atoms with Crippen LogP contribution in [0.2, 0.25) is 0 Å². The highest BCUT2D eigenvalue weighted by molar-refractivity contribution is 5.31. The average molecular weight is 274 g/mol. The van der Waals surface area contributed by atoms with E-state index in [4.69, 9.17) is 0 Å². The van der Waals surface area contributed by atoms with Crippen molar-refractivity contribution in [3.8, 4) is 0 Å². The zero-order valence-corrected chi connectivity index (χ0v) is 11.0. The molecule has 0 amide bonds. The van der Waals surface area contributed by atoms with Crippen LogP contribution in [0.1, 0.15) is 29.2 Å². The van der Waals surface area contributed by atoms with Crippen LogP contribution in [-0.4, -0.2) is 5.11 Å². The van der Waals surface area contributed by atoms with Gasteiger partial charge in [-0.3, -0.25) is 0 Å². The van der Waals surface area contributed by atoms with E-state index in [1.165, 1.54) is 23.3 Å².